The van der Waals surface area contributed by atoms with Gasteiger partial charge in [-0.1, -0.05) is 85.0 Å². The molecule has 2 atom stereocenters. The molecule has 0 aliphatic heterocycles. The Morgan fingerprint density at radius 1 is 0.917 bits per heavy atom. The first-order valence-corrected chi connectivity index (χ1v) is 8.86. The standard InChI is InChI=1S/C24H20/c1-2-8-18-15-21(14-13-17(18)7-1)24-22-11-5-3-9-19(22)16-20-10-4-6-12-23(20)24/h1,3-7,9-16,19,22H,2,8H2. The number of benzene rings is 2. The zero-order valence-electron chi connectivity index (χ0n) is 13.7. The lowest BCUT2D eigenvalue weighted by Gasteiger charge is -2.29. The molecule has 5 rings (SSSR count). The van der Waals surface area contributed by atoms with Crippen molar-refractivity contribution in [1.82, 2.24) is 0 Å². The fraction of sp³-hybridized carbons (Fsp3) is 0.167. The highest BCUT2D eigenvalue weighted by molar-refractivity contribution is 5.75. The number of aryl methyl sites for hydroxylation is 1. The molecule has 3 aliphatic carbocycles. The largest absolute Gasteiger partial charge is 0.0836 e. The summed E-state index contributed by atoms with van der Waals surface area (Å²) in [5.74, 6) is 0.915. The highest BCUT2D eigenvalue weighted by Crippen LogP contribution is 2.35. The summed E-state index contributed by atoms with van der Waals surface area (Å²) in [6.45, 7) is 0. The second-order valence-electron chi connectivity index (χ2n) is 6.90. The van der Waals surface area contributed by atoms with Gasteiger partial charge in [-0.2, -0.15) is 0 Å². The van der Waals surface area contributed by atoms with Crippen molar-refractivity contribution in [2.75, 3.05) is 0 Å². The highest BCUT2D eigenvalue weighted by Gasteiger charge is 2.25. The minimum Gasteiger partial charge on any atom is -0.0836 e. The van der Waals surface area contributed by atoms with Crippen LogP contribution in [-0.2, 0) is 6.42 Å². The van der Waals surface area contributed by atoms with E-state index in [9.17, 15) is 0 Å². The molecule has 0 amide bonds. The van der Waals surface area contributed by atoms with Gasteiger partial charge in [-0.05, 0) is 45.5 Å². The number of hydrogen-bond donors (Lipinski definition) is 0. The molecule has 0 heterocycles. The average Bonchev–Trinajstić information content (AvgIpc) is 2.65. The van der Waals surface area contributed by atoms with E-state index in [2.05, 4.69) is 85.0 Å². The molecule has 0 saturated heterocycles. The van der Waals surface area contributed by atoms with Gasteiger partial charge in [0.15, 0.2) is 0 Å². The maximum absolute atomic E-state index is 2.43. The number of hydrogen-bond acceptors (Lipinski definition) is 0. The molecule has 0 fully saturated rings. The van der Waals surface area contributed by atoms with Gasteiger partial charge >= 0.3 is 0 Å². The third-order valence-corrected chi connectivity index (χ3v) is 5.47. The van der Waals surface area contributed by atoms with Crippen LogP contribution >= 0.6 is 0 Å². The van der Waals surface area contributed by atoms with Crippen molar-refractivity contribution in [3.63, 3.8) is 0 Å². The lowest BCUT2D eigenvalue weighted by atomic mass is 9.75. The van der Waals surface area contributed by atoms with Crippen molar-refractivity contribution in [2.24, 2.45) is 11.8 Å². The van der Waals surface area contributed by atoms with E-state index in [4.69, 9.17) is 0 Å². The Morgan fingerprint density at radius 2 is 1.83 bits per heavy atom. The Hall–Kier alpha value is -2.60. The highest BCUT2D eigenvalue weighted by atomic mass is 14.3. The molecular weight excluding hydrogens is 288 g/mol. The van der Waals surface area contributed by atoms with E-state index in [0.29, 0.717) is 11.8 Å². The maximum Gasteiger partial charge on any atom is 0.0131 e. The van der Waals surface area contributed by atoms with Crippen molar-refractivity contribution in [3.8, 4) is 0 Å². The van der Waals surface area contributed by atoms with Crippen LogP contribution in [0.15, 0.2) is 72.8 Å². The van der Waals surface area contributed by atoms with Gasteiger partial charge in [-0.25, -0.2) is 0 Å². The van der Waals surface area contributed by atoms with E-state index in [0.717, 1.165) is 12.8 Å². The second kappa shape index (κ2) is 5.49. The molecule has 2 aromatic rings. The van der Waals surface area contributed by atoms with Gasteiger partial charge < -0.3 is 0 Å². The van der Waals surface area contributed by atoms with Crippen LogP contribution in [0.25, 0.3) is 17.7 Å². The third kappa shape index (κ3) is 2.14. The van der Waals surface area contributed by atoms with Gasteiger partial charge in [0.05, 0.1) is 0 Å². The van der Waals surface area contributed by atoms with Crippen LogP contribution < -0.4 is 10.4 Å². The molecule has 0 radical (unpaired) electrons. The number of rotatable bonds is 1. The predicted octanol–water partition coefficient (Wildman–Crippen LogP) is 4.00. The summed E-state index contributed by atoms with van der Waals surface area (Å²) in [6.07, 6.45) is 18.4. The molecular formula is C24H20. The molecule has 0 nitrogen and oxygen atoms in total. The van der Waals surface area contributed by atoms with Crippen LogP contribution in [0.3, 0.4) is 0 Å². The topological polar surface area (TPSA) is 0 Å². The Labute approximate surface area is 142 Å². The van der Waals surface area contributed by atoms with Crippen molar-refractivity contribution >= 4 is 17.7 Å². The first kappa shape index (κ1) is 13.8. The molecule has 0 bridgehead atoms. The van der Waals surface area contributed by atoms with E-state index in [1.54, 1.807) is 0 Å². The lowest BCUT2D eigenvalue weighted by Crippen LogP contribution is -2.36. The molecule has 2 aromatic carbocycles. The van der Waals surface area contributed by atoms with Gasteiger partial charge in [0.2, 0.25) is 0 Å². The van der Waals surface area contributed by atoms with Gasteiger partial charge in [0, 0.05) is 11.8 Å². The van der Waals surface area contributed by atoms with Crippen LogP contribution in [0.5, 0.6) is 0 Å². The zero-order valence-corrected chi connectivity index (χ0v) is 13.7. The first-order chi connectivity index (χ1) is 11.9. The molecule has 2 unspecified atom stereocenters. The number of fused-ring (bicyclic) bond motifs is 3. The summed E-state index contributed by atoms with van der Waals surface area (Å²) in [7, 11) is 0. The van der Waals surface area contributed by atoms with Crippen molar-refractivity contribution in [1.29, 1.82) is 0 Å². The molecule has 116 valence electrons. The Bertz CT molecular complexity index is 1010. The van der Waals surface area contributed by atoms with E-state index < -0.39 is 0 Å². The third-order valence-electron chi connectivity index (χ3n) is 5.47. The quantitative estimate of drug-likeness (QED) is 0.747. The molecule has 0 saturated carbocycles. The molecule has 3 aliphatic rings. The van der Waals surface area contributed by atoms with Gasteiger partial charge in [-0.15, -0.1) is 0 Å². The fourth-order valence-corrected chi connectivity index (χ4v) is 4.30. The molecule has 0 N–H and O–H groups in total. The lowest BCUT2D eigenvalue weighted by molar-refractivity contribution is 0.704. The molecule has 24 heavy (non-hydrogen) atoms. The SMILES string of the molecule is C1=CC2C=c3ccccc3=C(c3ccc4c(c3)CCC=C4)C2C=C1. The average molecular weight is 308 g/mol. The first-order valence-electron chi connectivity index (χ1n) is 8.86. The normalized spacial score (nSPS) is 23.2. The molecule has 0 aromatic heterocycles. The van der Waals surface area contributed by atoms with Gasteiger partial charge in [0.1, 0.15) is 0 Å². The van der Waals surface area contributed by atoms with Crippen molar-refractivity contribution in [3.05, 3.63) is 100.0 Å². The predicted molar refractivity (Wildman–Crippen MR) is 102 cm³/mol. The van der Waals surface area contributed by atoms with Crippen molar-refractivity contribution in [2.45, 2.75) is 12.8 Å². The molecule has 0 spiro atoms. The monoisotopic (exact) mass is 308 g/mol. The van der Waals surface area contributed by atoms with E-state index >= 15 is 0 Å². The van der Waals surface area contributed by atoms with Gasteiger partial charge in [0.25, 0.3) is 0 Å². The fourth-order valence-electron chi connectivity index (χ4n) is 4.30. The zero-order chi connectivity index (χ0) is 15.9. The summed E-state index contributed by atoms with van der Waals surface area (Å²) in [6, 6.07) is 15.9. The summed E-state index contributed by atoms with van der Waals surface area (Å²) >= 11 is 0. The summed E-state index contributed by atoms with van der Waals surface area (Å²) in [4.78, 5) is 0. The minimum atomic E-state index is 0.446. The smallest absolute Gasteiger partial charge is 0.0131 e. The summed E-state index contributed by atoms with van der Waals surface area (Å²) in [5.41, 5.74) is 5.74. The Morgan fingerprint density at radius 3 is 2.83 bits per heavy atom. The summed E-state index contributed by atoms with van der Waals surface area (Å²) in [5, 5.41) is 2.76. The van der Waals surface area contributed by atoms with Crippen LogP contribution in [0.2, 0.25) is 0 Å². The minimum absolute atomic E-state index is 0.446. The van der Waals surface area contributed by atoms with Crippen molar-refractivity contribution < 1.29 is 0 Å². The number of allylic oxidation sites excluding steroid dienone is 5. The van der Waals surface area contributed by atoms with Crippen LogP contribution in [0.1, 0.15) is 23.1 Å². The maximum atomic E-state index is 2.43. The Balaban J connectivity index is 1.79. The van der Waals surface area contributed by atoms with E-state index in [1.807, 2.05) is 0 Å². The molecule has 0 heteroatoms. The van der Waals surface area contributed by atoms with Crippen LogP contribution in [0.4, 0.5) is 0 Å². The van der Waals surface area contributed by atoms with E-state index in [1.165, 1.54) is 32.7 Å². The summed E-state index contributed by atoms with van der Waals surface area (Å²) < 4.78 is 0. The van der Waals surface area contributed by atoms with Crippen LogP contribution in [0, 0.1) is 11.8 Å². The second-order valence-corrected chi connectivity index (χ2v) is 6.90. The Kier molecular flexibility index (Phi) is 3.16. The van der Waals surface area contributed by atoms with Gasteiger partial charge in [-0.3, -0.25) is 0 Å². The van der Waals surface area contributed by atoms with Crippen LogP contribution in [-0.4, -0.2) is 0 Å². The van der Waals surface area contributed by atoms with E-state index in [-0.39, 0.29) is 0 Å².